The summed E-state index contributed by atoms with van der Waals surface area (Å²) in [5.74, 6) is 1.47. The van der Waals surface area contributed by atoms with Crippen molar-refractivity contribution in [3.63, 3.8) is 0 Å². The molecule has 1 aromatic heterocycles. The number of carbonyl (C=O) groups is 2. The maximum absolute atomic E-state index is 12.0. The molecule has 0 radical (unpaired) electrons. The van der Waals surface area contributed by atoms with Crippen molar-refractivity contribution in [3.05, 3.63) is 40.8 Å². The molecular formula is C18H17NO3S. The predicted octanol–water partition coefficient (Wildman–Crippen LogP) is 3.40. The highest BCUT2D eigenvalue weighted by Gasteiger charge is 2.15. The third-order valence-electron chi connectivity index (χ3n) is 3.13. The van der Waals surface area contributed by atoms with Gasteiger partial charge in [-0.25, -0.2) is 0 Å². The van der Waals surface area contributed by atoms with Crippen LogP contribution in [-0.2, 0) is 4.79 Å². The van der Waals surface area contributed by atoms with Gasteiger partial charge in [-0.15, -0.1) is 17.8 Å². The molecule has 5 heteroatoms. The highest BCUT2D eigenvalue weighted by atomic mass is 32.1. The molecule has 1 heterocycles. The summed E-state index contributed by atoms with van der Waals surface area (Å²) < 4.78 is 5.55. The first-order valence-corrected chi connectivity index (χ1v) is 8.02. The van der Waals surface area contributed by atoms with E-state index in [-0.39, 0.29) is 0 Å². The third kappa shape index (κ3) is 4.21. The van der Waals surface area contributed by atoms with Crippen molar-refractivity contribution in [3.8, 4) is 28.5 Å². The number of benzene rings is 1. The van der Waals surface area contributed by atoms with E-state index in [4.69, 9.17) is 11.2 Å². The Balaban J connectivity index is 2.18. The number of thiophene rings is 1. The van der Waals surface area contributed by atoms with Gasteiger partial charge in [-0.3, -0.25) is 14.9 Å². The van der Waals surface area contributed by atoms with Gasteiger partial charge in [-0.05, 0) is 55.2 Å². The molecule has 0 saturated carbocycles. The van der Waals surface area contributed by atoms with Crippen molar-refractivity contribution < 1.29 is 14.3 Å². The molecule has 1 N–H and O–H groups in total. The number of carbonyl (C=O) groups excluding carboxylic acids is 2. The quantitative estimate of drug-likeness (QED) is 0.856. The maximum Gasteiger partial charge on any atom is 0.302 e. The summed E-state index contributed by atoms with van der Waals surface area (Å²) in [6.07, 6.45) is 5.92. The van der Waals surface area contributed by atoms with Crippen molar-refractivity contribution in [2.45, 2.75) is 20.3 Å². The van der Waals surface area contributed by atoms with Gasteiger partial charge in [-0.1, -0.05) is 6.92 Å². The number of rotatable bonds is 5. The highest BCUT2D eigenvalue weighted by Crippen LogP contribution is 2.32. The first kappa shape index (κ1) is 16.8. The first-order valence-electron chi connectivity index (χ1n) is 7.20. The van der Waals surface area contributed by atoms with E-state index in [0.29, 0.717) is 12.2 Å². The normalized spacial score (nSPS) is 9.96. The zero-order chi connectivity index (χ0) is 16.8. The molecule has 1 aromatic carbocycles. The second kappa shape index (κ2) is 7.61. The lowest BCUT2D eigenvalue weighted by Crippen LogP contribution is -2.29. The van der Waals surface area contributed by atoms with Gasteiger partial charge in [-0.2, -0.15) is 0 Å². The summed E-state index contributed by atoms with van der Waals surface area (Å²) >= 11 is 1.49. The minimum Gasteiger partial charge on any atom is -0.494 e. The lowest BCUT2D eigenvalue weighted by Gasteiger charge is -2.04. The van der Waals surface area contributed by atoms with Crippen LogP contribution in [0.2, 0.25) is 0 Å². The molecular weight excluding hydrogens is 310 g/mol. The van der Waals surface area contributed by atoms with Crippen LogP contribution >= 0.6 is 11.3 Å². The smallest absolute Gasteiger partial charge is 0.302 e. The Hall–Kier alpha value is -2.58. The van der Waals surface area contributed by atoms with Crippen LogP contribution in [0.4, 0.5) is 0 Å². The van der Waals surface area contributed by atoms with E-state index < -0.39 is 11.8 Å². The molecule has 0 saturated heterocycles. The molecule has 0 aliphatic rings. The number of hydrogen-bond acceptors (Lipinski definition) is 4. The van der Waals surface area contributed by atoms with Crippen LogP contribution in [0.25, 0.3) is 10.4 Å². The molecule has 2 amide bonds. The number of imide groups is 1. The minimum atomic E-state index is -0.737. The second-order valence-electron chi connectivity index (χ2n) is 4.88. The van der Waals surface area contributed by atoms with E-state index in [1.54, 1.807) is 6.07 Å². The number of amides is 2. The Morgan fingerprint density at radius 1 is 1.30 bits per heavy atom. The van der Waals surface area contributed by atoms with Crippen LogP contribution in [0.5, 0.6) is 5.75 Å². The summed E-state index contributed by atoms with van der Waals surface area (Å²) in [5, 5.41) is 2.16. The molecule has 0 aliphatic heterocycles. The molecule has 0 fully saturated rings. The molecule has 118 valence electrons. The molecule has 0 bridgehead atoms. The van der Waals surface area contributed by atoms with E-state index in [2.05, 4.69) is 12.2 Å². The highest BCUT2D eigenvalue weighted by molar-refractivity contribution is 7.15. The molecule has 4 nitrogen and oxygen atoms in total. The van der Waals surface area contributed by atoms with Crippen LogP contribution in [0, 0.1) is 19.3 Å². The maximum atomic E-state index is 12.0. The van der Waals surface area contributed by atoms with E-state index in [9.17, 15) is 9.59 Å². The molecule has 0 spiro atoms. The van der Waals surface area contributed by atoms with Crippen LogP contribution < -0.4 is 10.1 Å². The van der Waals surface area contributed by atoms with Gasteiger partial charge in [0.15, 0.2) is 0 Å². The Kier molecular flexibility index (Phi) is 5.56. The molecule has 0 atom stereocenters. The fourth-order valence-corrected chi connectivity index (χ4v) is 3.01. The Morgan fingerprint density at radius 2 is 2.00 bits per heavy atom. The SMILES string of the molecule is C#CC(=O)NC(=O)c1cc(-c2ccc(OCCC)cc2)sc1C. The summed E-state index contributed by atoms with van der Waals surface area (Å²) in [6, 6.07) is 9.47. The number of nitrogens with one attached hydrogen (secondary N) is 1. The molecule has 0 unspecified atom stereocenters. The van der Waals surface area contributed by atoms with Crippen LogP contribution in [0.3, 0.4) is 0 Å². The fourth-order valence-electron chi connectivity index (χ4n) is 1.99. The van der Waals surface area contributed by atoms with Crippen molar-refractivity contribution in [2.75, 3.05) is 6.61 Å². The summed E-state index contributed by atoms with van der Waals surface area (Å²) in [4.78, 5) is 24.9. The van der Waals surface area contributed by atoms with Gasteiger partial charge < -0.3 is 4.74 Å². The van der Waals surface area contributed by atoms with Crippen LogP contribution in [0.1, 0.15) is 28.6 Å². The average molecular weight is 327 g/mol. The summed E-state index contributed by atoms with van der Waals surface area (Å²) in [7, 11) is 0. The van der Waals surface area contributed by atoms with E-state index in [0.717, 1.165) is 27.5 Å². The van der Waals surface area contributed by atoms with Crippen molar-refractivity contribution in [1.82, 2.24) is 5.32 Å². The van der Waals surface area contributed by atoms with Crippen LogP contribution in [-0.4, -0.2) is 18.4 Å². The number of aryl methyl sites for hydroxylation is 1. The topological polar surface area (TPSA) is 55.4 Å². The van der Waals surface area contributed by atoms with E-state index >= 15 is 0 Å². The zero-order valence-corrected chi connectivity index (χ0v) is 13.8. The van der Waals surface area contributed by atoms with E-state index in [1.165, 1.54) is 11.3 Å². The number of terminal acetylenes is 1. The number of hydrogen-bond donors (Lipinski definition) is 1. The second-order valence-corrected chi connectivity index (χ2v) is 6.14. The summed E-state index contributed by atoms with van der Waals surface area (Å²) in [6.45, 7) is 4.58. The summed E-state index contributed by atoms with van der Waals surface area (Å²) in [5.41, 5.74) is 1.45. The standard InChI is InChI=1S/C18H17NO3S/c1-4-10-22-14-8-6-13(7-9-14)16-11-15(12(3)23-16)18(21)19-17(20)5-2/h2,6-9,11H,4,10H2,1,3H3,(H,19,20,21). The Labute approximate surface area is 139 Å². The Morgan fingerprint density at radius 3 is 2.61 bits per heavy atom. The molecule has 2 aromatic rings. The van der Waals surface area contributed by atoms with Crippen LogP contribution in [0.15, 0.2) is 30.3 Å². The van der Waals surface area contributed by atoms with Gasteiger partial charge in [0.25, 0.3) is 5.91 Å². The number of ether oxygens (including phenoxy) is 1. The van der Waals surface area contributed by atoms with E-state index in [1.807, 2.05) is 37.1 Å². The van der Waals surface area contributed by atoms with Gasteiger partial charge in [0.05, 0.1) is 12.2 Å². The van der Waals surface area contributed by atoms with Crippen molar-refractivity contribution in [2.24, 2.45) is 0 Å². The fraction of sp³-hybridized carbons (Fsp3) is 0.222. The molecule has 0 aliphatic carbocycles. The molecule has 23 heavy (non-hydrogen) atoms. The van der Waals surface area contributed by atoms with Gasteiger partial charge in [0, 0.05) is 9.75 Å². The lowest BCUT2D eigenvalue weighted by molar-refractivity contribution is -0.114. The first-order chi connectivity index (χ1) is 11.0. The molecule has 2 rings (SSSR count). The van der Waals surface area contributed by atoms with Crippen molar-refractivity contribution in [1.29, 1.82) is 0 Å². The van der Waals surface area contributed by atoms with Gasteiger partial charge in [0.1, 0.15) is 5.75 Å². The predicted molar refractivity (Wildman–Crippen MR) is 91.6 cm³/mol. The minimum absolute atomic E-state index is 0.458. The van der Waals surface area contributed by atoms with Crippen molar-refractivity contribution >= 4 is 23.2 Å². The largest absolute Gasteiger partial charge is 0.494 e. The van der Waals surface area contributed by atoms with Gasteiger partial charge in [0.2, 0.25) is 0 Å². The Bertz CT molecular complexity index is 754. The third-order valence-corrected chi connectivity index (χ3v) is 4.23. The lowest BCUT2D eigenvalue weighted by atomic mass is 10.1. The zero-order valence-electron chi connectivity index (χ0n) is 13.0. The van der Waals surface area contributed by atoms with Gasteiger partial charge >= 0.3 is 5.91 Å². The monoisotopic (exact) mass is 327 g/mol. The average Bonchev–Trinajstić information content (AvgIpc) is 2.95.